The molecule has 31 heavy (non-hydrogen) atoms. The van der Waals surface area contributed by atoms with E-state index in [2.05, 4.69) is 23.6 Å². The Morgan fingerprint density at radius 3 is 2.81 bits per heavy atom. The van der Waals surface area contributed by atoms with Gasteiger partial charge >= 0.3 is 0 Å². The van der Waals surface area contributed by atoms with Crippen LogP contribution in [0.1, 0.15) is 55.5 Å². The third-order valence-electron chi connectivity index (χ3n) is 5.85. The molecule has 5 nitrogen and oxygen atoms in total. The summed E-state index contributed by atoms with van der Waals surface area (Å²) in [6.07, 6.45) is 5.58. The van der Waals surface area contributed by atoms with E-state index < -0.39 is 0 Å². The quantitative estimate of drug-likeness (QED) is 0.535. The Bertz CT molecular complexity index is 1040. The number of rotatable bonds is 7. The molecule has 2 N–H and O–H groups in total. The van der Waals surface area contributed by atoms with Crippen molar-refractivity contribution in [2.45, 2.75) is 62.5 Å². The number of anilines is 2. The summed E-state index contributed by atoms with van der Waals surface area (Å²) in [5, 5.41) is 16.1. The number of benzene rings is 1. The molecule has 1 heterocycles. The van der Waals surface area contributed by atoms with E-state index >= 15 is 0 Å². The third kappa shape index (κ3) is 5.13. The number of amides is 2. The van der Waals surface area contributed by atoms with Gasteiger partial charge in [-0.2, -0.15) is 5.26 Å². The first-order valence-corrected chi connectivity index (χ1v) is 12.6. The minimum absolute atomic E-state index is 0.0759. The van der Waals surface area contributed by atoms with Gasteiger partial charge in [0.2, 0.25) is 11.8 Å². The average molecular weight is 454 g/mol. The molecule has 0 saturated heterocycles. The van der Waals surface area contributed by atoms with Gasteiger partial charge in [0.05, 0.1) is 10.8 Å². The van der Waals surface area contributed by atoms with Crippen molar-refractivity contribution in [2.24, 2.45) is 11.8 Å². The van der Waals surface area contributed by atoms with Crippen LogP contribution < -0.4 is 10.6 Å². The van der Waals surface area contributed by atoms with Gasteiger partial charge in [0.25, 0.3) is 0 Å². The summed E-state index contributed by atoms with van der Waals surface area (Å²) >= 11 is 3.05. The molecule has 2 aliphatic carbocycles. The van der Waals surface area contributed by atoms with Crippen LogP contribution in [-0.2, 0) is 22.4 Å². The second kappa shape index (κ2) is 9.46. The van der Waals surface area contributed by atoms with E-state index in [1.807, 2.05) is 31.2 Å². The van der Waals surface area contributed by atoms with E-state index in [1.165, 1.54) is 16.6 Å². The van der Waals surface area contributed by atoms with Crippen LogP contribution in [0.25, 0.3) is 0 Å². The van der Waals surface area contributed by atoms with Crippen molar-refractivity contribution in [3.8, 4) is 6.07 Å². The molecular weight excluding hydrogens is 426 g/mol. The summed E-state index contributed by atoms with van der Waals surface area (Å²) in [6.45, 7) is 4.22. The van der Waals surface area contributed by atoms with Gasteiger partial charge in [0, 0.05) is 21.4 Å². The number of hydrogen-bond donors (Lipinski definition) is 2. The van der Waals surface area contributed by atoms with Crippen molar-refractivity contribution in [3.63, 3.8) is 0 Å². The van der Waals surface area contributed by atoms with Gasteiger partial charge in [0.15, 0.2) is 0 Å². The largest absolute Gasteiger partial charge is 0.326 e. The normalized spacial score (nSPS) is 18.5. The van der Waals surface area contributed by atoms with Crippen molar-refractivity contribution < 1.29 is 9.59 Å². The summed E-state index contributed by atoms with van der Waals surface area (Å²) in [5.41, 5.74) is 2.54. The van der Waals surface area contributed by atoms with E-state index in [0.29, 0.717) is 22.9 Å². The molecule has 1 aromatic heterocycles. The highest BCUT2D eigenvalue weighted by Crippen LogP contribution is 2.40. The van der Waals surface area contributed by atoms with E-state index in [9.17, 15) is 14.9 Å². The molecule has 162 valence electrons. The van der Waals surface area contributed by atoms with E-state index in [-0.39, 0.29) is 23.0 Å². The van der Waals surface area contributed by atoms with Crippen LogP contribution in [0, 0.1) is 23.2 Å². The SMILES string of the molecule is CCC(Sc1cccc(NC(=O)C2CC2)c1)C(=O)Nc1sc2c(c1C#N)CCC(C)C2. The van der Waals surface area contributed by atoms with Gasteiger partial charge in [-0.3, -0.25) is 9.59 Å². The maximum atomic E-state index is 13.0. The molecule has 1 fully saturated rings. The lowest BCUT2D eigenvalue weighted by molar-refractivity contribution is -0.117. The van der Waals surface area contributed by atoms with E-state index in [4.69, 9.17) is 0 Å². The second-order valence-corrected chi connectivity index (χ2v) is 10.8. The van der Waals surface area contributed by atoms with Crippen LogP contribution in [-0.4, -0.2) is 17.1 Å². The van der Waals surface area contributed by atoms with Gasteiger partial charge in [-0.1, -0.05) is 19.9 Å². The molecule has 4 rings (SSSR count). The van der Waals surface area contributed by atoms with Crippen LogP contribution in [0.3, 0.4) is 0 Å². The first-order chi connectivity index (χ1) is 15.0. The van der Waals surface area contributed by atoms with Gasteiger partial charge in [-0.25, -0.2) is 0 Å². The highest BCUT2D eigenvalue weighted by atomic mass is 32.2. The van der Waals surface area contributed by atoms with E-state index in [0.717, 1.165) is 48.3 Å². The Balaban J connectivity index is 1.45. The van der Waals surface area contributed by atoms with Gasteiger partial charge in [0.1, 0.15) is 11.1 Å². The molecule has 2 atom stereocenters. The summed E-state index contributed by atoms with van der Waals surface area (Å²) < 4.78 is 0. The molecule has 2 aliphatic rings. The van der Waals surface area contributed by atoms with Crippen LogP contribution in [0.15, 0.2) is 29.2 Å². The van der Waals surface area contributed by atoms with Crippen molar-refractivity contribution in [1.29, 1.82) is 5.26 Å². The molecule has 1 aromatic carbocycles. The Morgan fingerprint density at radius 1 is 1.29 bits per heavy atom. The lowest BCUT2D eigenvalue weighted by Gasteiger charge is -2.17. The van der Waals surface area contributed by atoms with Gasteiger partial charge in [-0.15, -0.1) is 23.1 Å². The van der Waals surface area contributed by atoms with Gasteiger partial charge < -0.3 is 10.6 Å². The number of carbonyl (C=O) groups is 2. The van der Waals surface area contributed by atoms with Crippen molar-refractivity contribution in [2.75, 3.05) is 10.6 Å². The number of nitriles is 1. The predicted octanol–water partition coefficient (Wildman–Crippen LogP) is 5.60. The van der Waals surface area contributed by atoms with Crippen molar-refractivity contribution in [1.82, 2.24) is 0 Å². The minimum atomic E-state index is -0.279. The molecule has 0 spiro atoms. The molecular formula is C24H27N3O2S2. The molecule has 2 unspecified atom stereocenters. The summed E-state index contributed by atoms with van der Waals surface area (Å²) in [5.74, 6) is 0.766. The number of fused-ring (bicyclic) bond motifs is 1. The number of thiophene rings is 1. The number of nitrogens with one attached hydrogen (secondary N) is 2. The first kappa shape index (κ1) is 21.9. The lowest BCUT2D eigenvalue weighted by Crippen LogP contribution is -2.24. The number of carbonyl (C=O) groups excluding carboxylic acids is 2. The first-order valence-electron chi connectivity index (χ1n) is 10.9. The maximum Gasteiger partial charge on any atom is 0.238 e. The average Bonchev–Trinajstić information content (AvgIpc) is 3.54. The Kier molecular flexibility index (Phi) is 6.68. The highest BCUT2D eigenvalue weighted by Gasteiger charge is 2.30. The smallest absolute Gasteiger partial charge is 0.238 e. The Morgan fingerprint density at radius 2 is 2.10 bits per heavy atom. The van der Waals surface area contributed by atoms with Crippen LogP contribution in [0.5, 0.6) is 0 Å². The fourth-order valence-electron chi connectivity index (χ4n) is 3.87. The minimum Gasteiger partial charge on any atom is -0.326 e. The number of hydrogen-bond acceptors (Lipinski definition) is 5. The van der Waals surface area contributed by atoms with Crippen LogP contribution >= 0.6 is 23.1 Å². The fourth-order valence-corrected chi connectivity index (χ4v) is 6.25. The summed E-state index contributed by atoms with van der Waals surface area (Å²) in [7, 11) is 0. The maximum absolute atomic E-state index is 13.0. The predicted molar refractivity (Wildman–Crippen MR) is 127 cm³/mol. The lowest BCUT2D eigenvalue weighted by atomic mass is 9.88. The Labute approximate surface area is 191 Å². The summed E-state index contributed by atoms with van der Waals surface area (Å²) in [6, 6.07) is 9.98. The molecule has 2 aromatic rings. The zero-order valence-electron chi connectivity index (χ0n) is 17.9. The standard InChI is InChI=1S/C24H27N3O2S2/c1-3-20(30-17-6-4-5-16(12-17)26-22(28)15-8-9-15)23(29)27-24-19(13-25)18-10-7-14(2)11-21(18)31-24/h4-6,12,14-15,20H,3,7-11H2,1-2H3,(H,26,28)(H,27,29). The van der Waals surface area contributed by atoms with Crippen LogP contribution in [0.4, 0.5) is 10.7 Å². The molecule has 2 amide bonds. The fraction of sp³-hybridized carbons (Fsp3) is 0.458. The van der Waals surface area contributed by atoms with Crippen molar-refractivity contribution >= 4 is 45.6 Å². The second-order valence-electron chi connectivity index (χ2n) is 8.46. The zero-order valence-corrected chi connectivity index (χ0v) is 19.5. The van der Waals surface area contributed by atoms with Gasteiger partial charge in [-0.05, 0) is 68.2 Å². The molecule has 7 heteroatoms. The number of nitrogens with zero attached hydrogens (tertiary/aromatic N) is 1. The third-order valence-corrected chi connectivity index (χ3v) is 8.38. The summed E-state index contributed by atoms with van der Waals surface area (Å²) in [4.78, 5) is 27.3. The zero-order chi connectivity index (χ0) is 22.0. The van der Waals surface area contributed by atoms with Crippen LogP contribution in [0.2, 0.25) is 0 Å². The Hall–Kier alpha value is -2.30. The number of thioether (sulfide) groups is 1. The molecule has 1 saturated carbocycles. The monoisotopic (exact) mass is 453 g/mol. The molecule has 0 aliphatic heterocycles. The topological polar surface area (TPSA) is 82.0 Å². The molecule has 0 bridgehead atoms. The molecule has 0 radical (unpaired) electrons. The van der Waals surface area contributed by atoms with E-state index in [1.54, 1.807) is 11.3 Å². The van der Waals surface area contributed by atoms with Crippen molar-refractivity contribution in [3.05, 3.63) is 40.3 Å². The highest BCUT2D eigenvalue weighted by molar-refractivity contribution is 8.00.